The predicted molar refractivity (Wildman–Crippen MR) is 58.5 cm³/mol. The summed E-state index contributed by atoms with van der Waals surface area (Å²) in [7, 11) is 0. The van der Waals surface area contributed by atoms with Crippen LogP contribution in [-0.2, 0) is 10.2 Å². The van der Waals surface area contributed by atoms with Crippen molar-refractivity contribution in [2.45, 2.75) is 51.7 Å². The molecule has 15 heavy (non-hydrogen) atoms. The van der Waals surface area contributed by atoms with Crippen molar-refractivity contribution in [3.8, 4) is 0 Å². The standard InChI is InChI=1S/C12H20N2O/c1-12(2,3)10-8-13-14(9-10)11-6-4-5-7-15-11/h8-9,11H,4-7H2,1-3H3/p+1. The highest BCUT2D eigenvalue weighted by atomic mass is 16.5. The van der Waals surface area contributed by atoms with Crippen LogP contribution in [0.4, 0.5) is 0 Å². The molecule has 1 atom stereocenters. The summed E-state index contributed by atoms with van der Waals surface area (Å²) in [5, 5.41) is 3.27. The van der Waals surface area contributed by atoms with E-state index in [1.54, 1.807) is 0 Å². The fraction of sp³-hybridized carbons (Fsp3) is 0.750. The van der Waals surface area contributed by atoms with Crippen LogP contribution in [-0.4, -0.2) is 11.7 Å². The van der Waals surface area contributed by atoms with Gasteiger partial charge in [0, 0.05) is 12.0 Å². The number of hydrogen-bond donors (Lipinski definition) is 1. The van der Waals surface area contributed by atoms with E-state index in [0.717, 1.165) is 13.0 Å². The van der Waals surface area contributed by atoms with Gasteiger partial charge in [0.1, 0.15) is 0 Å². The molecule has 1 aliphatic rings. The van der Waals surface area contributed by atoms with Crippen molar-refractivity contribution in [1.82, 2.24) is 5.10 Å². The van der Waals surface area contributed by atoms with E-state index < -0.39 is 0 Å². The van der Waals surface area contributed by atoms with Gasteiger partial charge in [0.05, 0.1) is 12.8 Å². The fourth-order valence-electron chi connectivity index (χ4n) is 1.89. The SMILES string of the molecule is CC(C)(C)c1c[nH][n+](C2CCCCO2)c1. The summed E-state index contributed by atoms with van der Waals surface area (Å²) in [5.74, 6) is 0. The molecular formula is C12H21N2O+. The molecule has 1 N–H and O–H groups in total. The minimum atomic E-state index is 0.205. The molecule has 2 heterocycles. The van der Waals surface area contributed by atoms with E-state index in [1.807, 2.05) is 0 Å². The molecule has 3 heteroatoms. The van der Waals surface area contributed by atoms with Crippen LogP contribution in [0.3, 0.4) is 0 Å². The number of aromatic amines is 1. The maximum absolute atomic E-state index is 5.72. The summed E-state index contributed by atoms with van der Waals surface area (Å²) in [6, 6.07) is 0. The summed E-state index contributed by atoms with van der Waals surface area (Å²) >= 11 is 0. The van der Waals surface area contributed by atoms with E-state index in [9.17, 15) is 0 Å². The van der Waals surface area contributed by atoms with Gasteiger partial charge in [0.15, 0.2) is 0 Å². The van der Waals surface area contributed by atoms with Crippen molar-refractivity contribution >= 4 is 0 Å². The van der Waals surface area contributed by atoms with Gasteiger partial charge < -0.3 is 4.74 Å². The van der Waals surface area contributed by atoms with Crippen LogP contribution in [0.1, 0.15) is 51.8 Å². The van der Waals surface area contributed by atoms with Crippen LogP contribution >= 0.6 is 0 Å². The lowest BCUT2D eigenvalue weighted by Crippen LogP contribution is -2.43. The first kappa shape index (κ1) is 10.7. The van der Waals surface area contributed by atoms with Gasteiger partial charge in [-0.05, 0) is 18.3 Å². The third kappa shape index (κ3) is 2.40. The van der Waals surface area contributed by atoms with Crippen molar-refractivity contribution in [3.05, 3.63) is 18.0 Å². The molecule has 1 aromatic rings. The molecule has 0 spiro atoms. The van der Waals surface area contributed by atoms with E-state index >= 15 is 0 Å². The molecular weight excluding hydrogens is 188 g/mol. The smallest absolute Gasteiger partial charge is 0.285 e. The summed E-state index contributed by atoms with van der Waals surface area (Å²) < 4.78 is 7.82. The molecule has 1 saturated heterocycles. The number of ether oxygens (including phenoxy) is 1. The average Bonchev–Trinajstić information content (AvgIpc) is 2.67. The third-order valence-electron chi connectivity index (χ3n) is 2.98. The molecule has 0 saturated carbocycles. The van der Waals surface area contributed by atoms with Crippen molar-refractivity contribution in [3.63, 3.8) is 0 Å². The Labute approximate surface area is 91.4 Å². The molecule has 1 unspecified atom stereocenters. The third-order valence-corrected chi connectivity index (χ3v) is 2.98. The second-order valence-corrected chi connectivity index (χ2v) is 5.34. The Morgan fingerprint density at radius 3 is 2.73 bits per heavy atom. The maximum Gasteiger partial charge on any atom is 0.285 e. The Morgan fingerprint density at radius 2 is 2.20 bits per heavy atom. The lowest BCUT2D eigenvalue weighted by Gasteiger charge is -2.16. The van der Waals surface area contributed by atoms with Gasteiger partial charge in [-0.3, -0.25) is 0 Å². The van der Waals surface area contributed by atoms with Gasteiger partial charge in [0.25, 0.3) is 6.23 Å². The van der Waals surface area contributed by atoms with E-state index in [4.69, 9.17) is 4.74 Å². The molecule has 1 aromatic heterocycles. The highest BCUT2D eigenvalue weighted by molar-refractivity contribution is 5.11. The molecule has 2 rings (SSSR count). The highest BCUT2D eigenvalue weighted by Gasteiger charge is 2.27. The van der Waals surface area contributed by atoms with Crippen LogP contribution in [0.2, 0.25) is 0 Å². The van der Waals surface area contributed by atoms with Gasteiger partial charge in [-0.25, -0.2) is 0 Å². The summed E-state index contributed by atoms with van der Waals surface area (Å²) in [5.41, 5.74) is 1.54. The topological polar surface area (TPSA) is 28.9 Å². The number of hydrogen-bond acceptors (Lipinski definition) is 1. The Bertz CT molecular complexity index is 319. The van der Waals surface area contributed by atoms with Crippen LogP contribution in [0.5, 0.6) is 0 Å². The van der Waals surface area contributed by atoms with Crippen molar-refractivity contribution < 1.29 is 9.42 Å². The predicted octanol–water partition coefficient (Wildman–Crippen LogP) is 2.30. The second-order valence-electron chi connectivity index (χ2n) is 5.34. The Kier molecular flexibility index (Phi) is 2.83. The van der Waals surface area contributed by atoms with Gasteiger partial charge >= 0.3 is 0 Å². The monoisotopic (exact) mass is 209 g/mol. The first-order valence-electron chi connectivity index (χ1n) is 5.79. The molecule has 0 bridgehead atoms. The van der Waals surface area contributed by atoms with Crippen LogP contribution in [0.25, 0.3) is 0 Å². The largest absolute Gasteiger partial charge is 0.319 e. The average molecular weight is 209 g/mol. The van der Waals surface area contributed by atoms with Gasteiger partial charge in [0.2, 0.25) is 6.20 Å². The number of nitrogens with one attached hydrogen (secondary N) is 1. The van der Waals surface area contributed by atoms with Gasteiger partial charge in [-0.2, -0.15) is 5.10 Å². The lowest BCUT2D eigenvalue weighted by atomic mass is 9.90. The molecule has 0 aromatic carbocycles. The van der Waals surface area contributed by atoms with Gasteiger partial charge in [-0.1, -0.05) is 25.5 Å². The molecule has 0 amide bonds. The van der Waals surface area contributed by atoms with E-state index in [2.05, 4.69) is 42.9 Å². The van der Waals surface area contributed by atoms with Crippen LogP contribution in [0, 0.1) is 0 Å². The van der Waals surface area contributed by atoms with Crippen molar-refractivity contribution in [2.24, 2.45) is 0 Å². The van der Waals surface area contributed by atoms with E-state index in [-0.39, 0.29) is 11.6 Å². The summed E-state index contributed by atoms with van der Waals surface area (Å²) in [6.45, 7) is 7.56. The number of rotatable bonds is 1. The van der Waals surface area contributed by atoms with Gasteiger partial charge in [-0.15, -0.1) is 0 Å². The van der Waals surface area contributed by atoms with Crippen LogP contribution < -0.4 is 4.68 Å². The first-order valence-corrected chi connectivity index (χ1v) is 5.79. The Balaban J connectivity index is 2.12. The fourth-order valence-corrected chi connectivity index (χ4v) is 1.89. The van der Waals surface area contributed by atoms with Crippen LogP contribution in [0.15, 0.2) is 12.4 Å². The quantitative estimate of drug-likeness (QED) is 0.706. The molecule has 0 radical (unpaired) electrons. The van der Waals surface area contributed by atoms with E-state index in [0.29, 0.717) is 0 Å². The number of nitrogens with zero attached hydrogens (tertiary/aromatic N) is 1. The first-order chi connectivity index (χ1) is 7.07. The maximum atomic E-state index is 5.72. The Hall–Kier alpha value is -0.830. The normalized spacial score (nSPS) is 23.0. The summed E-state index contributed by atoms with van der Waals surface area (Å²) in [4.78, 5) is 0. The lowest BCUT2D eigenvalue weighted by molar-refractivity contribution is -0.811. The summed E-state index contributed by atoms with van der Waals surface area (Å²) in [6.07, 6.45) is 8.06. The molecule has 1 aliphatic heterocycles. The molecule has 84 valence electrons. The zero-order valence-corrected chi connectivity index (χ0v) is 9.92. The number of aromatic nitrogens is 2. The number of H-pyrrole nitrogens is 1. The zero-order chi connectivity index (χ0) is 10.9. The highest BCUT2D eigenvalue weighted by Crippen LogP contribution is 2.22. The zero-order valence-electron chi connectivity index (χ0n) is 9.92. The molecule has 0 aliphatic carbocycles. The minimum absolute atomic E-state index is 0.205. The van der Waals surface area contributed by atoms with Crippen molar-refractivity contribution in [1.29, 1.82) is 0 Å². The van der Waals surface area contributed by atoms with Crippen molar-refractivity contribution in [2.75, 3.05) is 6.61 Å². The second kappa shape index (κ2) is 3.97. The molecule has 1 fully saturated rings. The Morgan fingerprint density at radius 1 is 1.40 bits per heavy atom. The minimum Gasteiger partial charge on any atom is -0.319 e. The molecule has 3 nitrogen and oxygen atoms in total. The van der Waals surface area contributed by atoms with E-state index in [1.165, 1.54) is 18.4 Å².